The second-order valence-corrected chi connectivity index (χ2v) is 6.23. The molecule has 1 unspecified atom stereocenters. The number of ether oxygens (including phenoxy) is 1. The highest BCUT2D eigenvalue weighted by Gasteiger charge is 2.17. The lowest BCUT2D eigenvalue weighted by atomic mass is 10.1. The SMILES string of the molecule is CNC(c1ccc(C)s1)c1cc(OC)ccc1Br. The first-order chi connectivity index (χ1) is 8.65. The lowest BCUT2D eigenvalue weighted by Crippen LogP contribution is -2.17. The molecule has 2 rings (SSSR count). The highest BCUT2D eigenvalue weighted by molar-refractivity contribution is 9.10. The molecule has 0 fully saturated rings. The summed E-state index contributed by atoms with van der Waals surface area (Å²) < 4.78 is 6.39. The Bertz CT molecular complexity index is 538. The van der Waals surface area contributed by atoms with Crippen LogP contribution in [0.3, 0.4) is 0 Å². The van der Waals surface area contributed by atoms with E-state index in [1.165, 1.54) is 15.3 Å². The largest absolute Gasteiger partial charge is 0.497 e. The van der Waals surface area contributed by atoms with Crippen LogP contribution in [0.25, 0.3) is 0 Å². The van der Waals surface area contributed by atoms with E-state index in [1.54, 1.807) is 7.11 Å². The third-order valence-electron chi connectivity index (χ3n) is 2.85. The van der Waals surface area contributed by atoms with Crippen LogP contribution in [0, 0.1) is 6.92 Å². The van der Waals surface area contributed by atoms with Gasteiger partial charge >= 0.3 is 0 Å². The van der Waals surface area contributed by atoms with Gasteiger partial charge in [0, 0.05) is 14.2 Å². The Morgan fingerprint density at radius 3 is 2.61 bits per heavy atom. The van der Waals surface area contributed by atoms with E-state index in [0.717, 1.165) is 10.2 Å². The normalized spacial score (nSPS) is 12.4. The van der Waals surface area contributed by atoms with E-state index in [0.29, 0.717) is 0 Å². The number of rotatable bonds is 4. The fourth-order valence-corrected chi connectivity index (χ4v) is 3.41. The Balaban J connectivity index is 2.44. The zero-order chi connectivity index (χ0) is 13.1. The van der Waals surface area contributed by atoms with Gasteiger partial charge in [-0.1, -0.05) is 15.9 Å². The fourth-order valence-electron chi connectivity index (χ4n) is 1.93. The third-order valence-corrected chi connectivity index (χ3v) is 4.64. The third kappa shape index (κ3) is 2.76. The van der Waals surface area contributed by atoms with Crippen LogP contribution in [0.15, 0.2) is 34.8 Å². The Morgan fingerprint density at radius 2 is 2.06 bits per heavy atom. The molecule has 96 valence electrons. The van der Waals surface area contributed by atoms with Crippen molar-refractivity contribution in [3.8, 4) is 5.75 Å². The standard InChI is InChI=1S/C14H16BrNOS/c1-9-4-7-13(18-9)14(16-2)11-8-10(17-3)5-6-12(11)15/h4-8,14,16H,1-3H3. The topological polar surface area (TPSA) is 21.3 Å². The number of aryl methyl sites for hydroxylation is 1. The maximum absolute atomic E-state index is 5.30. The van der Waals surface area contributed by atoms with Crippen LogP contribution in [0.5, 0.6) is 5.75 Å². The molecule has 0 aliphatic carbocycles. The van der Waals surface area contributed by atoms with Crippen LogP contribution in [0.1, 0.15) is 21.4 Å². The number of nitrogens with one attached hydrogen (secondary N) is 1. The Morgan fingerprint density at radius 1 is 1.28 bits per heavy atom. The van der Waals surface area contributed by atoms with Gasteiger partial charge in [0.05, 0.1) is 13.2 Å². The van der Waals surface area contributed by atoms with E-state index in [9.17, 15) is 0 Å². The number of benzene rings is 1. The molecule has 2 nitrogen and oxygen atoms in total. The number of thiophene rings is 1. The van der Waals surface area contributed by atoms with Gasteiger partial charge in [0.25, 0.3) is 0 Å². The summed E-state index contributed by atoms with van der Waals surface area (Å²) in [5.41, 5.74) is 1.19. The molecule has 0 saturated carbocycles. The minimum atomic E-state index is 0.188. The lowest BCUT2D eigenvalue weighted by Gasteiger charge is -2.17. The van der Waals surface area contributed by atoms with Crippen molar-refractivity contribution in [3.05, 3.63) is 50.1 Å². The van der Waals surface area contributed by atoms with Gasteiger partial charge in [-0.3, -0.25) is 0 Å². The van der Waals surface area contributed by atoms with Crippen LogP contribution in [0.4, 0.5) is 0 Å². The smallest absolute Gasteiger partial charge is 0.119 e. The molecule has 0 aliphatic heterocycles. The zero-order valence-corrected chi connectivity index (χ0v) is 13.1. The minimum absolute atomic E-state index is 0.188. The van der Waals surface area contributed by atoms with E-state index in [2.05, 4.69) is 46.4 Å². The first-order valence-electron chi connectivity index (χ1n) is 5.72. The van der Waals surface area contributed by atoms with Gasteiger partial charge in [-0.2, -0.15) is 0 Å². The first kappa shape index (κ1) is 13.6. The summed E-state index contributed by atoms with van der Waals surface area (Å²) in [6.45, 7) is 2.13. The monoisotopic (exact) mass is 325 g/mol. The summed E-state index contributed by atoms with van der Waals surface area (Å²) in [5, 5.41) is 3.36. The Labute approximate surface area is 120 Å². The molecule has 1 aromatic heterocycles. The molecular formula is C14H16BrNOS. The lowest BCUT2D eigenvalue weighted by molar-refractivity contribution is 0.413. The second-order valence-electron chi connectivity index (χ2n) is 4.06. The van der Waals surface area contributed by atoms with Gasteiger partial charge < -0.3 is 10.1 Å². The molecule has 0 radical (unpaired) electrons. The van der Waals surface area contributed by atoms with Gasteiger partial charge in [-0.15, -0.1) is 11.3 Å². The Hall–Kier alpha value is -0.840. The number of methoxy groups -OCH3 is 1. The molecule has 1 N–H and O–H groups in total. The molecule has 1 atom stereocenters. The van der Waals surface area contributed by atoms with Crippen LogP contribution in [-0.2, 0) is 0 Å². The molecule has 0 aliphatic rings. The molecule has 0 spiro atoms. The van der Waals surface area contributed by atoms with Crippen molar-refractivity contribution in [3.63, 3.8) is 0 Å². The average molecular weight is 326 g/mol. The average Bonchev–Trinajstić information content (AvgIpc) is 2.79. The van der Waals surface area contributed by atoms with Crippen molar-refractivity contribution in [2.45, 2.75) is 13.0 Å². The van der Waals surface area contributed by atoms with Crippen LogP contribution < -0.4 is 10.1 Å². The van der Waals surface area contributed by atoms with Crippen molar-refractivity contribution in [1.82, 2.24) is 5.32 Å². The summed E-state index contributed by atoms with van der Waals surface area (Å²) in [5.74, 6) is 0.877. The summed E-state index contributed by atoms with van der Waals surface area (Å²) in [4.78, 5) is 2.63. The van der Waals surface area contributed by atoms with Crippen LogP contribution in [0.2, 0.25) is 0 Å². The van der Waals surface area contributed by atoms with Crippen molar-refractivity contribution >= 4 is 27.3 Å². The highest BCUT2D eigenvalue weighted by Crippen LogP contribution is 2.34. The second kappa shape index (κ2) is 5.87. The minimum Gasteiger partial charge on any atom is -0.497 e. The molecule has 0 bridgehead atoms. The maximum Gasteiger partial charge on any atom is 0.119 e. The summed E-state index contributed by atoms with van der Waals surface area (Å²) in [7, 11) is 3.67. The van der Waals surface area contributed by atoms with E-state index < -0.39 is 0 Å². The van der Waals surface area contributed by atoms with E-state index in [1.807, 2.05) is 30.5 Å². The number of halogens is 1. The molecule has 18 heavy (non-hydrogen) atoms. The molecule has 4 heteroatoms. The van der Waals surface area contributed by atoms with Crippen molar-refractivity contribution in [2.75, 3.05) is 14.2 Å². The predicted molar refractivity (Wildman–Crippen MR) is 80.7 cm³/mol. The molecule has 0 amide bonds. The van der Waals surface area contributed by atoms with Crippen molar-refractivity contribution < 1.29 is 4.74 Å². The maximum atomic E-state index is 5.30. The zero-order valence-electron chi connectivity index (χ0n) is 10.7. The first-order valence-corrected chi connectivity index (χ1v) is 7.33. The van der Waals surface area contributed by atoms with Crippen LogP contribution in [-0.4, -0.2) is 14.2 Å². The van der Waals surface area contributed by atoms with Crippen molar-refractivity contribution in [1.29, 1.82) is 0 Å². The number of hydrogen-bond donors (Lipinski definition) is 1. The quantitative estimate of drug-likeness (QED) is 0.912. The van der Waals surface area contributed by atoms with Gasteiger partial charge in [-0.25, -0.2) is 0 Å². The summed E-state index contributed by atoms with van der Waals surface area (Å²) in [6, 6.07) is 10.6. The molecule has 2 aromatic rings. The molecule has 1 heterocycles. The predicted octanol–water partition coefficient (Wildman–Crippen LogP) is 4.14. The summed E-state index contributed by atoms with van der Waals surface area (Å²) in [6.07, 6.45) is 0. The van der Waals surface area contributed by atoms with E-state index >= 15 is 0 Å². The highest BCUT2D eigenvalue weighted by atomic mass is 79.9. The molecule has 1 aromatic carbocycles. The summed E-state index contributed by atoms with van der Waals surface area (Å²) >= 11 is 5.43. The van der Waals surface area contributed by atoms with Gasteiger partial charge in [0.2, 0.25) is 0 Å². The molecule has 0 saturated heterocycles. The van der Waals surface area contributed by atoms with E-state index in [-0.39, 0.29) is 6.04 Å². The van der Waals surface area contributed by atoms with Gasteiger partial charge in [-0.05, 0) is 49.9 Å². The van der Waals surface area contributed by atoms with Crippen molar-refractivity contribution in [2.24, 2.45) is 0 Å². The fraction of sp³-hybridized carbons (Fsp3) is 0.286. The Kier molecular flexibility index (Phi) is 4.43. The van der Waals surface area contributed by atoms with Gasteiger partial charge in [0.15, 0.2) is 0 Å². The number of hydrogen-bond acceptors (Lipinski definition) is 3. The van der Waals surface area contributed by atoms with E-state index in [4.69, 9.17) is 4.74 Å². The molecular weight excluding hydrogens is 310 g/mol. The van der Waals surface area contributed by atoms with Gasteiger partial charge in [0.1, 0.15) is 5.75 Å². The van der Waals surface area contributed by atoms with Crippen LogP contribution >= 0.6 is 27.3 Å².